The largest absolute Gasteiger partial charge is 0.409 e. The Morgan fingerprint density at radius 3 is 2.95 bits per heavy atom. The first-order valence-electron chi connectivity index (χ1n) is 5.53. The van der Waals surface area contributed by atoms with Gasteiger partial charge in [-0.05, 0) is 0 Å². The van der Waals surface area contributed by atoms with Crippen molar-refractivity contribution in [1.82, 2.24) is 14.8 Å². The summed E-state index contributed by atoms with van der Waals surface area (Å²) >= 11 is 0. The van der Waals surface area contributed by atoms with Gasteiger partial charge in [-0.1, -0.05) is 5.16 Å². The minimum absolute atomic E-state index is 0.0563. The summed E-state index contributed by atoms with van der Waals surface area (Å²) in [6.07, 6.45) is 4.04. The van der Waals surface area contributed by atoms with E-state index in [9.17, 15) is 9.59 Å². The van der Waals surface area contributed by atoms with Crippen LogP contribution in [-0.2, 0) is 7.05 Å². The Labute approximate surface area is 112 Å². The number of nitrogens with one attached hydrogen (secondary N) is 2. The number of amides is 1. The summed E-state index contributed by atoms with van der Waals surface area (Å²) in [5, 5.41) is 17.9. The molecule has 0 unspecified atom stereocenters. The number of carbonyl (C=O) groups is 1. The van der Waals surface area contributed by atoms with Crippen molar-refractivity contribution >= 4 is 17.6 Å². The van der Waals surface area contributed by atoms with Gasteiger partial charge in [-0.25, -0.2) is 0 Å². The predicted molar refractivity (Wildman–Crippen MR) is 70.7 cm³/mol. The molecule has 0 spiro atoms. The van der Waals surface area contributed by atoms with E-state index in [4.69, 9.17) is 10.9 Å². The molecule has 20 heavy (non-hydrogen) atoms. The molecule has 0 aliphatic rings. The maximum absolute atomic E-state index is 12.0. The van der Waals surface area contributed by atoms with Gasteiger partial charge in [0.2, 0.25) is 0 Å². The van der Waals surface area contributed by atoms with Crippen molar-refractivity contribution in [2.75, 3.05) is 5.32 Å². The third kappa shape index (κ3) is 2.36. The summed E-state index contributed by atoms with van der Waals surface area (Å²) in [4.78, 5) is 26.2. The van der Waals surface area contributed by atoms with Crippen LogP contribution < -0.4 is 16.5 Å². The van der Waals surface area contributed by atoms with Gasteiger partial charge in [-0.15, -0.1) is 0 Å². The Morgan fingerprint density at radius 1 is 1.55 bits per heavy atom. The van der Waals surface area contributed by atoms with Crippen molar-refractivity contribution in [3.63, 3.8) is 0 Å². The van der Waals surface area contributed by atoms with Crippen LogP contribution in [0.3, 0.4) is 0 Å². The van der Waals surface area contributed by atoms with Gasteiger partial charge in [-0.2, -0.15) is 5.10 Å². The molecular formula is C11H12N6O3. The second kappa shape index (κ2) is 5.26. The number of H-pyrrole nitrogens is 1. The number of carbonyl (C=O) groups excluding carboxylic acids is 1. The molecule has 0 saturated heterocycles. The topological polar surface area (TPSA) is 138 Å². The zero-order valence-electron chi connectivity index (χ0n) is 10.5. The fourth-order valence-corrected chi connectivity index (χ4v) is 1.60. The highest BCUT2D eigenvalue weighted by atomic mass is 16.4. The van der Waals surface area contributed by atoms with Gasteiger partial charge < -0.3 is 21.2 Å². The van der Waals surface area contributed by atoms with Crippen LogP contribution in [0, 0.1) is 0 Å². The molecule has 0 radical (unpaired) electrons. The zero-order valence-corrected chi connectivity index (χ0v) is 10.5. The number of aromatic amines is 1. The van der Waals surface area contributed by atoms with Gasteiger partial charge in [-0.3, -0.25) is 14.3 Å². The summed E-state index contributed by atoms with van der Waals surface area (Å²) in [6.45, 7) is 0. The number of aromatic nitrogens is 3. The molecule has 0 saturated carbocycles. The molecule has 0 aliphatic heterocycles. The number of nitrogens with two attached hydrogens (primary N) is 1. The van der Waals surface area contributed by atoms with Gasteiger partial charge in [0.25, 0.3) is 5.91 Å². The van der Waals surface area contributed by atoms with E-state index in [-0.39, 0.29) is 22.8 Å². The molecule has 2 aromatic rings. The van der Waals surface area contributed by atoms with Crippen LogP contribution in [0.25, 0.3) is 0 Å². The molecule has 2 heterocycles. The minimum atomic E-state index is -0.623. The Hall–Kier alpha value is -3.10. The Kier molecular flexibility index (Phi) is 3.51. The second-order valence-corrected chi connectivity index (χ2v) is 3.89. The van der Waals surface area contributed by atoms with Gasteiger partial charge in [0.05, 0.1) is 11.8 Å². The number of oxime groups is 1. The SMILES string of the molecule is Cn1ncc(/C(N)=N/O)c1NC(=O)c1c[nH]ccc1=O. The van der Waals surface area contributed by atoms with Crippen LogP contribution in [0.2, 0.25) is 0 Å². The molecule has 1 amide bonds. The average molecular weight is 276 g/mol. The van der Waals surface area contributed by atoms with E-state index in [0.29, 0.717) is 0 Å². The molecule has 5 N–H and O–H groups in total. The molecule has 0 atom stereocenters. The highest BCUT2D eigenvalue weighted by molar-refractivity contribution is 6.08. The van der Waals surface area contributed by atoms with Crippen molar-refractivity contribution in [1.29, 1.82) is 0 Å². The van der Waals surface area contributed by atoms with Crippen LogP contribution in [0.4, 0.5) is 5.82 Å². The van der Waals surface area contributed by atoms with Crippen molar-refractivity contribution in [3.8, 4) is 0 Å². The second-order valence-electron chi connectivity index (χ2n) is 3.89. The molecule has 104 valence electrons. The van der Waals surface area contributed by atoms with Gasteiger partial charge in [0.15, 0.2) is 11.3 Å². The van der Waals surface area contributed by atoms with Crippen LogP contribution in [0.15, 0.2) is 34.6 Å². The lowest BCUT2D eigenvalue weighted by Gasteiger charge is -2.07. The highest BCUT2D eigenvalue weighted by Crippen LogP contribution is 2.14. The van der Waals surface area contributed by atoms with E-state index >= 15 is 0 Å². The summed E-state index contributed by atoms with van der Waals surface area (Å²) in [5.74, 6) is -0.605. The summed E-state index contributed by atoms with van der Waals surface area (Å²) in [7, 11) is 1.57. The molecule has 9 heteroatoms. The first-order valence-corrected chi connectivity index (χ1v) is 5.53. The van der Waals surface area contributed by atoms with Crippen molar-refractivity contribution in [2.45, 2.75) is 0 Å². The van der Waals surface area contributed by atoms with E-state index in [1.54, 1.807) is 7.05 Å². The van der Waals surface area contributed by atoms with Crippen molar-refractivity contribution in [2.24, 2.45) is 17.9 Å². The maximum atomic E-state index is 12.0. The number of hydrogen-bond donors (Lipinski definition) is 4. The molecular weight excluding hydrogens is 264 g/mol. The minimum Gasteiger partial charge on any atom is -0.409 e. The molecule has 0 aromatic carbocycles. The Bertz CT molecular complexity index is 730. The summed E-state index contributed by atoms with van der Waals surface area (Å²) in [5.41, 5.74) is 5.25. The van der Waals surface area contributed by atoms with E-state index in [0.717, 1.165) is 0 Å². The fourth-order valence-electron chi connectivity index (χ4n) is 1.60. The van der Waals surface area contributed by atoms with Gasteiger partial charge in [0.1, 0.15) is 11.4 Å². The number of hydrogen-bond acceptors (Lipinski definition) is 5. The average Bonchev–Trinajstić information content (AvgIpc) is 2.80. The van der Waals surface area contributed by atoms with Crippen LogP contribution >= 0.6 is 0 Å². The number of amidine groups is 1. The molecule has 0 aliphatic carbocycles. The number of nitrogens with zero attached hydrogens (tertiary/aromatic N) is 3. The third-order valence-corrected chi connectivity index (χ3v) is 2.62. The molecule has 9 nitrogen and oxygen atoms in total. The predicted octanol–water partition coefficient (Wildman–Crippen LogP) is -0.545. The number of aryl methyl sites for hydroxylation is 1. The number of anilines is 1. The lowest BCUT2D eigenvalue weighted by molar-refractivity contribution is 0.102. The molecule has 0 fully saturated rings. The van der Waals surface area contributed by atoms with E-state index in [2.05, 4.69) is 20.6 Å². The monoisotopic (exact) mass is 276 g/mol. The molecule has 0 bridgehead atoms. The van der Waals surface area contributed by atoms with Gasteiger partial charge >= 0.3 is 0 Å². The Morgan fingerprint density at radius 2 is 2.30 bits per heavy atom. The number of pyridine rings is 1. The van der Waals surface area contributed by atoms with Crippen LogP contribution in [-0.4, -0.2) is 31.7 Å². The van der Waals surface area contributed by atoms with E-state index < -0.39 is 11.3 Å². The highest BCUT2D eigenvalue weighted by Gasteiger charge is 2.17. The lowest BCUT2D eigenvalue weighted by Crippen LogP contribution is -2.24. The van der Waals surface area contributed by atoms with E-state index in [1.165, 1.54) is 29.3 Å². The van der Waals surface area contributed by atoms with E-state index in [1.807, 2.05) is 0 Å². The maximum Gasteiger partial charge on any atom is 0.262 e. The van der Waals surface area contributed by atoms with Crippen LogP contribution in [0.5, 0.6) is 0 Å². The smallest absolute Gasteiger partial charge is 0.262 e. The van der Waals surface area contributed by atoms with Gasteiger partial charge in [0, 0.05) is 25.5 Å². The fraction of sp³-hybridized carbons (Fsp3) is 0.0909. The Balaban J connectivity index is 2.36. The normalized spacial score (nSPS) is 11.3. The first kappa shape index (κ1) is 13.3. The zero-order chi connectivity index (χ0) is 14.7. The van der Waals surface area contributed by atoms with Crippen molar-refractivity contribution < 1.29 is 10.0 Å². The first-order chi connectivity index (χ1) is 9.54. The standard InChI is InChI=1S/C11H12N6O3/c1-17-10(7(5-14-17)9(12)16-20)15-11(19)6-4-13-3-2-8(6)18/h2-5,20H,1H3,(H2,12,16)(H,13,18)(H,15,19). The summed E-state index contributed by atoms with van der Waals surface area (Å²) < 4.78 is 1.34. The quantitative estimate of drug-likeness (QED) is 0.258. The van der Waals surface area contributed by atoms with Crippen LogP contribution in [0.1, 0.15) is 15.9 Å². The third-order valence-electron chi connectivity index (χ3n) is 2.62. The molecule has 2 rings (SSSR count). The van der Waals surface area contributed by atoms with Crippen molar-refractivity contribution in [3.05, 3.63) is 46.0 Å². The molecule has 2 aromatic heterocycles. The number of rotatable bonds is 3. The summed E-state index contributed by atoms with van der Waals surface area (Å²) in [6, 6.07) is 1.24. The lowest BCUT2D eigenvalue weighted by atomic mass is 10.2.